The molecule has 0 aliphatic heterocycles. The third kappa shape index (κ3) is 2.81. The van der Waals surface area contributed by atoms with E-state index in [1.54, 1.807) is 19.1 Å². The monoisotopic (exact) mass is 301 g/mol. The van der Waals surface area contributed by atoms with Crippen molar-refractivity contribution >= 4 is 17.4 Å². The van der Waals surface area contributed by atoms with Gasteiger partial charge in [-0.3, -0.25) is 4.79 Å². The summed E-state index contributed by atoms with van der Waals surface area (Å²) in [5, 5.41) is 9.41. The van der Waals surface area contributed by atoms with Crippen LogP contribution in [0.1, 0.15) is 33.0 Å². The molecule has 0 bridgehead atoms. The highest BCUT2D eigenvalue weighted by Crippen LogP contribution is 2.30. The van der Waals surface area contributed by atoms with Gasteiger partial charge in [0, 0.05) is 16.1 Å². The minimum absolute atomic E-state index is 0.0624. The first-order valence-electron chi connectivity index (χ1n) is 6.41. The summed E-state index contributed by atoms with van der Waals surface area (Å²) in [5.41, 5.74) is 2.08. The topological polar surface area (TPSA) is 40.9 Å². The fraction of sp³-hybridized carbons (Fsp3) is 0.176. The van der Waals surface area contributed by atoms with E-state index in [1.165, 1.54) is 18.2 Å². The van der Waals surface area contributed by atoms with Crippen molar-refractivity contribution in [1.82, 2.24) is 0 Å². The first kappa shape index (κ1) is 15.2. The zero-order chi connectivity index (χ0) is 15.6. The summed E-state index contributed by atoms with van der Waals surface area (Å²) in [5.74, 6) is -2.34. The zero-order valence-corrected chi connectivity index (χ0v) is 12.4. The van der Waals surface area contributed by atoms with Crippen LogP contribution in [-0.4, -0.2) is 5.78 Å². The molecule has 0 fully saturated rings. The summed E-state index contributed by atoms with van der Waals surface area (Å²) in [4.78, 5) is 12.6. The third-order valence-corrected chi connectivity index (χ3v) is 3.88. The Labute approximate surface area is 127 Å². The first-order valence-corrected chi connectivity index (χ1v) is 6.79. The SMILES string of the molecule is Cc1cccc(C(=O)C(C#N)c2c(F)cccc2Cl)c1C. The fourth-order valence-electron chi connectivity index (χ4n) is 2.21. The third-order valence-electron chi connectivity index (χ3n) is 3.55. The summed E-state index contributed by atoms with van der Waals surface area (Å²) in [6.45, 7) is 3.68. The van der Waals surface area contributed by atoms with Gasteiger partial charge in [-0.05, 0) is 37.1 Å². The van der Waals surface area contributed by atoms with Gasteiger partial charge in [-0.25, -0.2) is 4.39 Å². The number of carbonyl (C=O) groups excluding carboxylic acids is 1. The Morgan fingerprint density at radius 3 is 2.52 bits per heavy atom. The number of carbonyl (C=O) groups is 1. The Hall–Kier alpha value is -2.18. The lowest BCUT2D eigenvalue weighted by molar-refractivity contribution is 0.0977. The molecule has 0 aromatic heterocycles. The highest BCUT2D eigenvalue weighted by Gasteiger charge is 2.28. The van der Waals surface area contributed by atoms with E-state index in [0.717, 1.165) is 11.1 Å². The minimum Gasteiger partial charge on any atom is -0.292 e. The summed E-state index contributed by atoms with van der Waals surface area (Å²) in [6, 6.07) is 11.2. The molecule has 0 heterocycles. The molecule has 21 heavy (non-hydrogen) atoms. The molecule has 1 unspecified atom stereocenters. The number of aryl methyl sites for hydroxylation is 1. The molecule has 2 aromatic carbocycles. The van der Waals surface area contributed by atoms with Crippen molar-refractivity contribution in [1.29, 1.82) is 5.26 Å². The lowest BCUT2D eigenvalue weighted by Gasteiger charge is -2.14. The van der Waals surface area contributed by atoms with Gasteiger partial charge in [-0.15, -0.1) is 0 Å². The van der Waals surface area contributed by atoms with E-state index in [2.05, 4.69) is 0 Å². The molecule has 2 aromatic rings. The van der Waals surface area contributed by atoms with Gasteiger partial charge < -0.3 is 0 Å². The lowest BCUT2D eigenvalue weighted by Crippen LogP contribution is -2.15. The molecule has 2 nitrogen and oxygen atoms in total. The zero-order valence-electron chi connectivity index (χ0n) is 11.7. The number of halogens is 2. The molecule has 0 amide bonds. The Kier molecular flexibility index (Phi) is 4.40. The van der Waals surface area contributed by atoms with Crippen LogP contribution in [0.25, 0.3) is 0 Å². The molecule has 106 valence electrons. The Bertz CT molecular complexity index is 729. The average Bonchev–Trinajstić information content (AvgIpc) is 2.45. The van der Waals surface area contributed by atoms with Crippen LogP contribution in [0.2, 0.25) is 5.02 Å². The second-order valence-corrected chi connectivity index (χ2v) is 5.22. The van der Waals surface area contributed by atoms with Gasteiger partial charge in [0.25, 0.3) is 0 Å². The molecule has 0 aliphatic rings. The summed E-state index contributed by atoms with van der Waals surface area (Å²) in [6.07, 6.45) is 0. The molecule has 1 atom stereocenters. The summed E-state index contributed by atoms with van der Waals surface area (Å²) < 4.78 is 14.0. The van der Waals surface area contributed by atoms with E-state index in [1.807, 2.05) is 19.1 Å². The van der Waals surface area contributed by atoms with E-state index in [4.69, 9.17) is 11.6 Å². The molecule has 0 saturated carbocycles. The smallest absolute Gasteiger partial charge is 0.184 e. The number of nitriles is 1. The number of benzene rings is 2. The van der Waals surface area contributed by atoms with Crippen molar-refractivity contribution in [3.05, 3.63) is 69.5 Å². The number of Topliss-reactive ketones (excluding diaryl/α,β-unsaturated/α-hetero) is 1. The molecular formula is C17H13ClFNO. The number of rotatable bonds is 3. The van der Waals surface area contributed by atoms with Crippen LogP contribution in [0.5, 0.6) is 0 Å². The van der Waals surface area contributed by atoms with E-state index in [-0.39, 0.29) is 10.6 Å². The standard InChI is InChI=1S/C17H13ClFNO/c1-10-5-3-6-12(11(10)2)17(21)13(9-20)16-14(18)7-4-8-15(16)19/h3-8,13H,1-2H3. The molecule has 4 heteroatoms. The predicted octanol–water partition coefficient (Wildman–Crippen LogP) is 4.59. The largest absolute Gasteiger partial charge is 0.292 e. The molecule has 0 spiro atoms. The molecular weight excluding hydrogens is 289 g/mol. The second-order valence-electron chi connectivity index (χ2n) is 4.81. The van der Waals surface area contributed by atoms with Crippen LogP contribution < -0.4 is 0 Å². The maximum Gasteiger partial charge on any atom is 0.184 e. The van der Waals surface area contributed by atoms with Crippen molar-refractivity contribution in [3.8, 4) is 6.07 Å². The van der Waals surface area contributed by atoms with Gasteiger partial charge in [0.1, 0.15) is 11.7 Å². The molecule has 0 radical (unpaired) electrons. The molecule has 0 saturated heterocycles. The van der Waals surface area contributed by atoms with E-state index in [0.29, 0.717) is 5.56 Å². The van der Waals surface area contributed by atoms with E-state index >= 15 is 0 Å². The normalized spacial score (nSPS) is 11.8. The maximum atomic E-state index is 14.0. The number of hydrogen-bond donors (Lipinski definition) is 0. The Balaban J connectivity index is 2.55. The van der Waals surface area contributed by atoms with Crippen LogP contribution in [-0.2, 0) is 0 Å². The number of ketones is 1. The average molecular weight is 302 g/mol. The maximum absolute atomic E-state index is 14.0. The van der Waals surface area contributed by atoms with E-state index < -0.39 is 17.5 Å². The molecule has 0 N–H and O–H groups in total. The van der Waals surface area contributed by atoms with Gasteiger partial charge in [-0.2, -0.15) is 5.26 Å². The van der Waals surface area contributed by atoms with Crippen LogP contribution >= 0.6 is 11.6 Å². The summed E-state index contributed by atoms with van der Waals surface area (Å²) in [7, 11) is 0. The highest BCUT2D eigenvalue weighted by molar-refractivity contribution is 6.32. The van der Waals surface area contributed by atoms with Gasteiger partial charge >= 0.3 is 0 Å². The second kappa shape index (κ2) is 6.07. The van der Waals surface area contributed by atoms with Crippen molar-refractivity contribution in [2.75, 3.05) is 0 Å². The quantitative estimate of drug-likeness (QED) is 0.778. The Morgan fingerprint density at radius 1 is 1.24 bits per heavy atom. The van der Waals surface area contributed by atoms with E-state index in [9.17, 15) is 14.4 Å². The fourth-order valence-corrected chi connectivity index (χ4v) is 2.49. The van der Waals surface area contributed by atoms with Gasteiger partial charge in [0.05, 0.1) is 6.07 Å². The highest BCUT2D eigenvalue weighted by atomic mass is 35.5. The van der Waals surface area contributed by atoms with Crippen molar-refractivity contribution in [2.45, 2.75) is 19.8 Å². The van der Waals surface area contributed by atoms with Crippen LogP contribution in [0, 0.1) is 31.0 Å². The number of hydrogen-bond acceptors (Lipinski definition) is 2. The van der Waals surface area contributed by atoms with Gasteiger partial charge in [-0.1, -0.05) is 35.9 Å². The minimum atomic E-state index is -1.25. The van der Waals surface area contributed by atoms with Crippen LogP contribution in [0.15, 0.2) is 36.4 Å². The van der Waals surface area contributed by atoms with Crippen molar-refractivity contribution in [2.24, 2.45) is 0 Å². The molecule has 0 aliphatic carbocycles. The predicted molar refractivity (Wildman–Crippen MR) is 80.0 cm³/mol. The van der Waals surface area contributed by atoms with Crippen LogP contribution in [0.4, 0.5) is 4.39 Å². The van der Waals surface area contributed by atoms with Gasteiger partial charge in [0.2, 0.25) is 0 Å². The van der Waals surface area contributed by atoms with Crippen molar-refractivity contribution < 1.29 is 9.18 Å². The first-order chi connectivity index (χ1) is 9.97. The lowest BCUT2D eigenvalue weighted by atomic mass is 9.88. The Morgan fingerprint density at radius 2 is 1.90 bits per heavy atom. The summed E-state index contributed by atoms with van der Waals surface area (Å²) >= 11 is 5.96. The van der Waals surface area contributed by atoms with Gasteiger partial charge in [0.15, 0.2) is 5.78 Å². The molecule has 2 rings (SSSR count). The van der Waals surface area contributed by atoms with Crippen molar-refractivity contribution in [3.63, 3.8) is 0 Å². The number of nitrogens with zero attached hydrogens (tertiary/aromatic N) is 1. The van der Waals surface area contributed by atoms with Crippen LogP contribution in [0.3, 0.4) is 0 Å².